The van der Waals surface area contributed by atoms with Crippen molar-refractivity contribution in [1.29, 1.82) is 0 Å². The van der Waals surface area contributed by atoms with Crippen LogP contribution in [0.25, 0.3) is 0 Å². The van der Waals surface area contributed by atoms with E-state index >= 15 is 0 Å². The van der Waals surface area contributed by atoms with Crippen LogP contribution < -0.4 is 0 Å². The molecule has 10 aliphatic rings. The summed E-state index contributed by atoms with van der Waals surface area (Å²) in [5.41, 5.74) is 1.91. The summed E-state index contributed by atoms with van der Waals surface area (Å²) < 4.78 is 1.05. The first-order chi connectivity index (χ1) is 9.04. The molecule has 0 amide bonds. The van der Waals surface area contributed by atoms with E-state index in [1.54, 1.807) is 0 Å². The van der Waals surface area contributed by atoms with Gasteiger partial charge in [0.25, 0.3) is 0 Å². The fourth-order valence-corrected chi connectivity index (χ4v) is 91.6. The van der Waals surface area contributed by atoms with E-state index in [-0.39, 0.29) is 0 Å². The second-order valence-electron chi connectivity index (χ2n) is 12.0. The van der Waals surface area contributed by atoms with Crippen LogP contribution in [0.15, 0.2) is 11.6 Å². The van der Waals surface area contributed by atoms with Crippen molar-refractivity contribution in [3.05, 3.63) is 11.6 Å². The number of hydrogen-bond acceptors (Lipinski definition) is 0. The maximum atomic E-state index is 3.06. The van der Waals surface area contributed by atoms with Crippen LogP contribution in [-0.2, 0) is 6.51 Å². The van der Waals surface area contributed by atoms with E-state index in [2.05, 4.69) is 19.9 Å². The summed E-state index contributed by atoms with van der Waals surface area (Å²) in [4.78, 5) is 13.5. The Kier molecular flexibility index (Phi) is 0.309. The third-order valence-corrected chi connectivity index (χ3v) is 59.0. The number of allylic oxidation sites excluding steroid dienone is 2. The van der Waals surface area contributed by atoms with Crippen LogP contribution in [0, 0.1) is 0 Å². The first-order valence-electron chi connectivity index (χ1n) is 8.96. The third-order valence-electron chi connectivity index (χ3n) is 16.5. The summed E-state index contributed by atoms with van der Waals surface area (Å²) in [6.07, 6.45) is 8.72. The molecule has 0 aliphatic carbocycles. The topological polar surface area (TPSA) is 0 Å². The first-order valence-corrected chi connectivity index (χ1v) is 15.2. The van der Waals surface area contributed by atoms with Gasteiger partial charge in [-0.25, -0.2) is 0 Å². The van der Waals surface area contributed by atoms with Gasteiger partial charge in [0.05, 0.1) is 0 Å². The zero-order chi connectivity index (χ0) is 12.1. The second kappa shape index (κ2) is 0.731. The Labute approximate surface area is 105 Å². The van der Waals surface area contributed by atoms with Gasteiger partial charge in [-0.1, -0.05) is 0 Å². The molecule has 10 rings (SSSR count). The van der Waals surface area contributed by atoms with E-state index in [1.165, 1.54) is 69.0 Å². The summed E-state index contributed by atoms with van der Waals surface area (Å²) in [5.74, 6) is 0. The Morgan fingerprint density at radius 2 is 1.53 bits per heavy atom. The molecule has 0 aromatic heterocycles. The molecule has 0 aromatic rings. The van der Waals surface area contributed by atoms with Crippen molar-refractivity contribution in [1.82, 2.24) is 0 Å². The average molecular weight is 296 g/mol. The molecule has 10 aliphatic heterocycles. The van der Waals surface area contributed by atoms with Gasteiger partial charge in [0.15, 0.2) is 0 Å². The van der Waals surface area contributed by atoms with Gasteiger partial charge in [0.1, 0.15) is 0 Å². The number of rotatable bonds is 5. The Morgan fingerprint density at radius 3 is 1.84 bits per heavy atom. The Balaban J connectivity index is 1.35. The van der Waals surface area contributed by atoms with Crippen LogP contribution >= 0.6 is 0 Å². The van der Waals surface area contributed by atoms with Gasteiger partial charge >= 0.3 is 105 Å². The molecule has 1 heteroatoms. The minimum absolute atomic E-state index is 1.05. The molecule has 104 valence electrons. The number of fused-ring (bicyclic) bond motifs is 10. The fourth-order valence-electron chi connectivity index (χ4n) is 17.8. The van der Waals surface area contributed by atoms with Gasteiger partial charge in [0.2, 0.25) is 0 Å². The summed E-state index contributed by atoms with van der Waals surface area (Å²) >= 11 is 0. The van der Waals surface area contributed by atoms with Crippen LogP contribution in [0.3, 0.4) is 0 Å². The minimum atomic E-state index is -2.76. The predicted octanol–water partition coefficient (Wildman–Crippen LogP) is 6.27. The maximum absolute atomic E-state index is 3.06. The van der Waals surface area contributed by atoms with Gasteiger partial charge in [-0.2, -0.15) is 0 Å². The molecular formula is C18H24Fe. The third kappa shape index (κ3) is 0.0960. The average Bonchev–Trinajstić information content (AvgIpc) is 3.36. The molecule has 4 atom stereocenters. The predicted molar refractivity (Wildman–Crippen MR) is 74.3 cm³/mol. The van der Waals surface area contributed by atoms with Crippen molar-refractivity contribution in [2.75, 3.05) is 0 Å². The van der Waals surface area contributed by atoms with Crippen molar-refractivity contribution in [3.8, 4) is 0 Å². The van der Waals surface area contributed by atoms with Gasteiger partial charge in [-0.05, 0) is 0 Å². The van der Waals surface area contributed by atoms with Gasteiger partial charge in [0, 0.05) is 0 Å². The molecule has 0 N–H and O–H groups in total. The SMILES string of the molecule is CCCCC(=C[C]12[CH]3[CH]4[CH]5[CH]1[Fe]45321678[CH]2[CH]1[CH]6[CH]7[CH]28)CC. The Hall–Kier alpha value is 0.259. The molecule has 0 radical (unpaired) electrons. The summed E-state index contributed by atoms with van der Waals surface area (Å²) in [6, 6.07) is 0. The molecule has 19 heavy (non-hydrogen) atoms. The molecule has 1 spiro atoms. The number of unbranched alkanes of at least 4 members (excludes halogenated alkanes) is 1. The summed E-state index contributed by atoms with van der Waals surface area (Å²) in [7, 11) is 0. The molecular weight excluding hydrogens is 272 g/mol. The van der Waals surface area contributed by atoms with Crippen LogP contribution in [0.2, 0.25) is 47.7 Å². The molecule has 0 saturated carbocycles. The molecule has 0 aromatic carbocycles. The van der Waals surface area contributed by atoms with E-state index in [0.29, 0.717) is 0 Å². The zero-order valence-corrected chi connectivity index (χ0v) is 13.1. The summed E-state index contributed by atoms with van der Waals surface area (Å²) in [5, 5.41) is 0. The monoisotopic (exact) mass is 296 g/mol. The van der Waals surface area contributed by atoms with Crippen molar-refractivity contribution in [2.45, 2.75) is 87.2 Å². The Morgan fingerprint density at radius 1 is 0.947 bits per heavy atom. The van der Waals surface area contributed by atoms with Crippen LogP contribution in [-0.4, -0.2) is 0 Å². The summed E-state index contributed by atoms with van der Waals surface area (Å²) in [6.45, 7) is 2.03. The first kappa shape index (κ1) is 8.04. The molecule has 10 heterocycles. The number of hydrogen-bond donors (Lipinski definition) is 0. The van der Waals surface area contributed by atoms with Crippen LogP contribution in [0.4, 0.5) is 0 Å². The van der Waals surface area contributed by atoms with E-state index in [0.717, 1.165) is 4.31 Å². The van der Waals surface area contributed by atoms with Crippen molar-refractivity contribution in [2.24, 2.45) is 0 Å². The zero-order valence-electron chi connectivity index (χ0n) is 12.0. The molecule has 10 saturated heterocycles. The van der Waals surface area contributed by atoms with E-state index < -0.39 is 6.51 Å². The fraction of sp³-hybridized carbons (Fsp3) is 0.889. The van der Waals surface area contributed by atoms with Gasteiger partial charge < -0.3 is 0 Å². The molecule has 10 fully saturated rings. The van der Waals surface area contributed by atoms with Gasteiger partial charge in [-0.15, -0.1) is 0 Å². The molecule has 4 unspecified atom stereocenters. The molecule has 0 nitrogen and oxygen atoms in total. The van der Waals surface area contributed by atoms with E-state index in [4.69, 9.17) is 0 Å². The normalized spacial score (nSPS) is 109. The van der Waals surface area contributed by atoms with Crippen molar-refractivity contribution < 1.29 is 6.51 Å². The van der Waals surface area contributed by atoms with Crippen LogP contribution in [0.5, 0.6) is 0 Å². The quantitative estimate of drug-likeness (QED) is 0.414. The second-order valence-corrected chi connectivity index (χ2v) is 35.6. The van der Waals surface area contributed by atoms with Gasteiger partial charge in [-0.3, -0.25) is 0 Å². The van der Waals surface area contributed by atoms with E-state index in [1.807, 2.05) is 5.57 Å². The van der Waals surface area contributed by atoms with Crippen LogP contribution in [0.1, 0.15) is 39.5 Å². The van der Waals surface area contributed by atoms with Crippen molar-refractivity contribution in [3.63, 3.8) is 0 Å². The standard InChI is InChI=1S/C13H19.C5H5.Fe/c1-3-5-8-12(4-2)11-13-9-6-7-10-13;1-2-4-5-3-1;/h6-7,9-11H,3-5,8H2,1-2H3;1-5H;. The van der Waals surface area contributed by atoms with Crippen molar-refractivity contribution >= 4 is 0 Å². The van der Waals surface area contributed by atoms with E-state index in [9.17, 15) is 0 Å². The molecule has 0 bridgehead atoms. The Bertz CT molecular complexity index is 932.